The van der Waals surface area contributed by atoms with Crippen LogP contribution in [0.4, 0.5) is 4.79 Å². The summed E-state index contributed by atoms with van der Waals surface area (Å²) in [5.41, 5.74) is 0. The molecule has 0 unspecified atom stereocenters. The zero-order chi connectivity index (χ0) is 12.0. The molecule has 0 bridgehead atoms. The highest BCUT2D eigenvalue weighted by atomic mass is 35.5. The molecule has 1 aromatic rings. The molecule has 1 aromatic heterocycles. The maximum atomic E-state index is 11.1. The number of alkyl halides is 1. The number of imide groups is 1. The van der Waals surface area contributed by atoms with E-state index >= 15 is 0 Å². The van der Waals surface area contributed by atoms with Gasteiger partial charge in [0.1, 0.15) is 11.6 Å². The number of hydrogen-bond donors (Lipinski definition) is 2. The number of nitrogens with zero attached hydrogens (tertiary/aromatic N) is 1. The molecular formula is C9H12ClN3O3. The first-order valence-electron chi connectivity index (χ1n) is 4.73. The van der Waals surface area contributed by atoms with Crippen LogP contribution in [0.15, 0.2) is 10.6 Å². The average Bonchev–Trinajstić information content (AvgIpc) is 2.74. The molecule has 1 rings (SSSR count). The zero-order valence-corrected chi connectivity index (χ0v) is 9.50. The number of oxazole rings is 1. The van der Waals surface area contributed by atoms with E-state index in [1.165, 1.54) is 0 Å². The lowest BCUT2D eigenvalue weighted by molar-refractivity contribution is -0.117. The quantitative estimate of drug-likeness (QED) is 0.769. The summed E-state index contributed by atoms with van der Waals surface area (Å²) in [4.78, 5) is 25.8. The second-order valence-electron chi connectivity index (χ2n) is 2.94. The molecule has 1 heterocycles. The van der Waals surface area contributed by atoms with Gasteiger partial charge >= 0.3 is 6.03 Å². The fourth-order valence-electron chi connectivity index (χ4n) is 0.953. The molecule has 88 valence electrons. The van der Waals surface area contributed by atoms with Gasteiger partial charge in [-0.3, -0.25) is 10.1 Å². The average molecular weight is 246 g/mol. The molecule has 0 atom stereocenters. The summed E-state index contributed by atoms with van der Waals surface area (Å²) in [6.07, 6.45) is 2.34. The number of aryl methyl sites for hydroxylation is 1. The molecule has 0 saturated carbocycles. The molecule has 0 saturated heterocycles. The summed E-state index contributed by atoms with van der Waals surface area (Å²) in [5, 5.41) is 4.45. The summed E-state index contributed by atoms with van der Waals surface area (Å²) in [7, 11) is 0. The second-order valence-corrected chi connectivity index (χ2v) is 3.21. The highest BCUT2D eigenvalue weighted by Gasteiger charge is 2.07. The van der Waals surface area contributed by atoms with E-state index in [0.717, 1.165) is 12.2 Å². The van der Waals surface area contributed by atoms with Gasteiger partial charge in [-0.05, 0) is 0 Å². The van der Waals surface area contributed by atoms with E-state index in [-0.39, 0.29) is 12.4 Å². The maximum absolute atomic E-state index is 11.1. The molecule has 2 N–H and O–H groups in total. The van der Waals surface area contributed by atoms with Crippen molar-refractivity contribution >= 4 is 23.5 Å². The first-order chi connectivity index (χ1) is 7.65. The van der Waals surface area contributed by atoms with Crippen molar-refractivity contribution in [3.05, 3.63) is 17.8 Å². The van der Waals surface area contributed by atoms with Gasteiger partial charge in [-0.15, -0.1) is 11.6 Å². The van der Waals surface area contributed by atoms with Crippen LogP contribution >= 0.6 is 11.6 Å². The number of carbonyl (C=O) groups excluding carboxylic acids is 2. The first-order valence-corrected chi connectivity index (χ1v) is 5.26. The van der Waals surface area contributed by atoms with Gasteiger partial charge in [-0.25, -0.2) is 9.78 Å². The topological polar surface area (TPSA) is 84.2 Å². The molecule has 3 amide bonds. The van der Waals surface area contributed by atoms with Gasteiger partial charge in [-0.1, -0.05) is 6.92 Å². The molecule has 0 radical (unpaired) electrons. The molecule has 0 aliphatic carbocycles. The van der Waals surface area contributed by atoms with Gasteiger partial charge in [0, 0.05) is 6.42 Å². The van der Waals surface area contributed by atoms with Gasteiger partial charge in [0.25, 0.3) is 0 Å². The molecule has 0 aliphatic rings. The zero-order valence-electron chi connectivity index (χ0n) is 8.75. The minimum Gasteiger partial charge on any atom is -0.444 e. The van der Waals surface area contributed by atoms with Crippen molar-refractivity contribution in [1.29, 1.82) is 0 Å². The van der Waals surface area contributed by atoms with Gasteiger partial charge in [0.15, 0.2) is 0 Å². The Hall–Kier alpha value is -1.56. The van der Waals surface area contributed by atoms with Crippen LogP contribution in [0.25, 0.3) is 0 Å². The molecule has 16 heavy (non-hydrogen) atoms. The number of hydrogen-bond acceptors (Lipinski definition) is 4. The third kappa shape index (κ3) is 3.90. The van der Waals surface area contributed by atoms with E-state index in [4.69, 9.17) is 16.0 Å². The van der Waals surface area contributed by atoms with E-state index in [1.54, 1.807) is 6.20 Å². The molecular weight excluding hydrogens is 234 g/mol. The number of urea groups is 1. The van der Waals surface area contributed by atoms with Crippen LogP contribution in [-0.2, 0) is 17.8 Å². The van der Waals surface area contributed by atoms with Gasteiger partial charge in [0.05, 0.1) is 12.7 Å². The summed E-state index contributed by atoms with van der Waals surface area (Å²) >= 11 is 5.21. The van der Waals surface area contributed by atoms with Gasteiger partial charge in [-0.2, -0.15) is 0 Å². The van der Waals surface area contributed by atoms with Crippen LogP contribution in [-0.4, -0.2) is 22.8 Å². The van der Waals surface area contributed by atoms with Crippen molar-refractivity contribution in [2.24, 2.45) is 0 Å². The molecule has 6 nitrogen and oxygen atoms in total. The number of halogens is 1. The predicted octanol–water partition coefficient (Wildman–Crippen LogP) is 0.802. The Balaban J connectivity index is 2.34. The van der Waals surface area contributed by atoms with Crippen molar-refractivity contribution in [2.45, 2.75) is 19.9 Å². The van der Waals surface area contributed by atoms with Crippen molar-refractivity contribution < 1.29 is 14.0 Å². The van der Waals surface area contributed by atoms with Crippen LogP contribution in [0.3, 0.4) is 0 Å². The lowest BCUT2D eigenvalue weighted by Crippen LogP contribution is -2.39. The Morgan fingerprint density at radius 3 is 2.88 bits per heavy atom. The summed E-state index contributed by atoms with van der Waals surface area (Å²) in [6.45, 7) is 2.06. The number of rotatable bonds is 4. The Morgan fingerprint density at radius 1 is 1.56 bits per heavy atom. The number of amides is 3. The van der Waals surface area contributed by atoms with Crippen LogP contribution in [0.2, 0.25) is 0 Å². The largest absolute Gasteiger partial charge is 0.444 e. The van der Waals surface area contributed by atoms with Crippen molar-refractivity contribution in [3.8, 4) is 0 Å². The third-order valence-corrected chi connectivity index (χ3v) is 1.97. The Kier molecular flexibility index (Phi) is 4.78. The minimum atomic E-state index is -0.623. The first kappa shape index (κ1) is 12.5. The predicted molar refractivity (Wildman–Crippen MR) is 57.0 cm³/mol. The van der Waals surface area contributed by atoms with Gasteiger partial charge in [0.2, 0.25) is 11.8 Å². The third-order valence-electron chi connectivity index (χ3n) is 1.72. The minimum absolute atomic E-state index is 0.126. The monoisotopic (exact) mass is 245 g/mol. The second kappa shape index (κ2) is 6.12. The standard InChI is InChI=1S/C9H12ClN3O3/c1-2-6-4-11-8(16-6)5-12-9(15)13-7(14)3-10/h4H,2-3,5H2,1H3,(H2,12,13,14,15). The Labute approximate surface area is 97.4 Å². The summed E-state index contributed by atoms with van der Waals surface area (Å²) in [6, 6.07) is -0.623. The maximum Gasteiger partial charge on any atom is 0.321 e. The highest BCUT2D eigenvalue weighted by molar-refractivity contribution is 6.28. The van der Waals surface area contributed by atoms with Crippen molar-refractivity contribution in [2.75, 3.05) is 5.88 Å². The van der Waals surface area contributed by atoms with Crippen molar-refractivity contribution in [1.82, 2.24) is 15.6 Å². The fraction of sp³-hybridized carbons (Fsp3) is 0.444. The van der Waals surface area contributed by atoms with Crippen LogP contribution in [0.5, 0.6) is 0 Å². The normalized spacial score (nSPS) is 9.88. The summed E-state index contributed by atoms with van der Waals surface area (Å²) in [5.74, 6) is 0.326. The molecule has 0 fully saturated rings. The Morgan fingerprint density at radius 2 is 2.31 bits per heavy atom. The van der Waals surface area contributed by atoms with Crippen molar-refractivity contribution in [3.63, 3.8) is 0 Å². The lowest BCUT2D eigenvalue weighted by atomic mass is 10.4. The Bertz CT molecular complexity index is 378. The fourth-order valence-corrected chi connectivity index (χ4v) is 1.02. The molecule has 7 heteroatoms. The molecule has 0 aromatic carbocycles. The van der Waals surface area contributed by atoms with Crippen LogP contribution in [0.1, 0.15) is 18.6 Å². The highest BCUT2D eigenvalue weighted by Crippen LogP contribution is 2.03. The van der Waals surface area contributed by atoms with Crippen LogP contribution in [0, 0.1) is 0 Å². The number of carbonyl (C=O) groups is 2. The van der Waals surface area contributed by atoms with E-state index < -0.39 is 11.9 Å². The SMILES string of the molecule is CCc1cnc(CNC(=O)NC(=O)CCl)o1. The van der Waals surface area contributed by atoms with E-state index in [0.29, 0.717) is 5.89 Å². The smallest absolute Gasteiger partial charge is 0.321 e. The lowest BCUT2D eigenvalue weighted by Gasteiger charge is -2.02. The van der Waals surface area contributed by atoms with E-state index in [1.807, 2.05) is 12.2 Å². The molecule has 0 aliphatic heterocycles. The number of nitrogens with one attached hydrogen (secondary N) is 2. The van der Waals surface area contributed by atoms with Gasteiger partial charge < -0.3 is 9.73 Å². The number of aromatic nitrogens is 1. The summed E-state index contributed by atoms with van der Waals surface area (Å²) < 4.78 is 5.25. The van der Waals surface area contributed by atoms with E-state index in [9.17, 15) is 9.59 Å². The molecule has 0 spiro atoms. The van der Waals surface area contributed by atoms with E-state index in [2.05, 4.69) is 10.3 Å². The van der Waals surface area contributed by atoms with Crippen LogP contribution < -0.4 is 10.6 Å².